The SMILES string of the molecule is Cc1c(NC2=NCCS2)c(C)c2c(C)c(C)n(C)c2c1C. The third-order valence-corrected chi connectivity index (χ3v) is 5.74. The zero-order chi connectivity index (χ0) is 15.3. The van der Waals surface area contributed by atoms with Gasteiger partial charge < -0.3 is 9.88 Å². The molecule has 2 heterocycles. The van der Waals surface area contributed by atoms with Crippen molar-refractivity contribution >= 4 is 33.5 Å². The zero-order valence-electron chi connectivity index (χ0n) is 13.7. The molecular formula is C17H23N3S. The Morgan fingerprint density at radius 3 is 2.33 bits per heavy atom. The van der Waals surface area contributed by atoms with Gasteiger partial charge in [-0.05, 0) is 56.9 Å². The van der Waals surface area contributed by atoms with Crippen molar-refractivity contribution < 1.29 is 0 Å². The minimum absolute atomic E-state index is 0.926. The molecule has 21 heavy (non-hydrogen) atoms. The molecule has 1 N–H and O–H groups in total. The number of benzene rings is 1. The van der Waals surface area contributed by atoms with Crippen molar-refractivity contribution in [2.45, 2.75) is 34.6 Å². The molecular weight excluding hydrogens is 278 g/mol. The van der Waals surface area contributed by atoms with E-state index < -0.39 is 0 Å². The Morgan fingerprint density at radius 2 is 1.71 bits per heavy atom. The maximum atomic E-state index is 4.53. The third kappa shape index (κ3) is 2.08. The van der Waals surface area contributed by atoms with Crippen molar-refractivity contribution in [2.24, 2.45) is 12.0 Å². The number of hydrogen-bond donors (Lipinski definition) is 1. The zero-order valence-corrected chi connectivity index (χ0v) is 14.5. The van der Waals surface area contributed by atoms with Crippen LogP contribution in [-0.4, -0.2) is 22.0 Å². The highest BCUT2D eigenvalue weighted by Gasteiger charge is 2.20. The first kappa shape index (κ1) is 14.5. The van der Waals surface area contributed by atoms with E-state index in [9.17, 15) is 0 Å². The summed E-state index contributed by atoms with van der Waals surface area (Å²) in [6.07, 6.45) is 0. The summed E-state index contributed by atoms with van der Waals surface area (Å²) in [6, 6.07) is 0. The van der Waals surface area contributed by atoms with E-state index in [1.54, 1.807) is 0 Å². The average Bonchev–Trinajstić information content (AvgIpc) is 3.04. The van der Waals surface area contributed by atoms with Gasteiger partial charge in [0.25, 0.3) is 0 Å². The lowest BCUT2D eigenvalue weighted by Crippen LogP contribution is -2.09. The van der Waals surface area contributed by atoms with Gasteiger partial charge in [0, 0.05) is 29.6 Å². The van der Waals surface area contributed by atoms with Crippen LogP contribution < -0.4 is 5.32 Å². The number of fused-ring (bicyclic) bond motifs is 1. The van der Waals surface area contributed by atoms with Crippen molar-refractivity contribution in [3.63, 3.8) is 0 Å². The Morgan fingerprint density at radius 1 is 1.00 bits per heavy atom. The predicted molar refractivity (Wildman–Crippen MR) is 95.0 cm³/mol. The fourth-order valence-corrected chi connectivity index (χ4v) is 4.05. The Balaban J connectivity index is 2.28. The van der Waals surface area contributed by atoms with E-state index >= 15 is 0 Å². The number of hydrogen-bond acceptors (Lipinski definition) is 3. The van der Waals surface area contributed by atoms with E-state index in [0.29, 0.717) is 0 Å². The van der Waals surface area contributed by atoms with Crippen LogP contribution in [0.25, 0.3) is 10.9 Å². The summed E-state index contributed by atoms with van der Waals surface area (Å²) in [5, 5.41) is 6.02. The topological polar surface area (TPSA) is 29.3 Å². The standard InChI is InChI=1S/C17H23N3S/c1-9-10(2)16-14(11(3)13(5)20(16)6)12(4)15(9)19-17-18-7-8-21-17/h7-8H2,1-6H3,(H,18,19). The number of amidine groups is 1. The van der Waals surface area contributed by atoms with Crippen molar-refractivity contribution in [1.82, 2.24) is 4.57 Å². The van der Waals surface area contributed by atoms with Crippen LogP contribution >= 0.6 is 11.8 Å². The molecule has 1 aromatic heterocycles. The lowest BCUT2D eigenvalue weighted by molar-refractivity contribution is 0.906. The van der Waals surface area contributed by atoms with Gasteiger partial charge in [-0.3, -0.25) is 4.99 Å². The van der Waals surface area contributed by atoms with Crippen molar-refractivity contribution in [2.75, 3.05) is 17.6 Å². The molecule has 112 valence electrons. The molecule has 3 nitrogen and oxygen atoms in total. The molecule has 0 amide bonds. The molecule has 0 fully saturated rings. The number of nitrogens with one attached hydrogen (secondary N) is 1. The van der Waals surface area contributed by atoms with Gasteiger partial charge in [-0.15, -0.1) is 0 Å². The molecule has 0 unspecified atom stereocenters. The van der Waals surface area contributed by atoms with Gasteiger partial charge >= 0.3 is 0 Å². The average molecular weight is 301 g/mol. The monoisotopic (exact) mass is 301 g/mol. The van der Waals surface area contributed by atoms with E-state index in [0.717, 1.165) is 17.5 Å². The number of rotatable bonds is 1. The largest absolute Gasteiger partial charge is 0.347 e. The van der Waals surface area contributed by atoms with E-state index in [2.05, 4.69) is 56.5 Å². The van der Waals surface area contributed by atoms with Crippen LogP contribution in [0.15, 0.2) is 4.99 Å². The van der Waals surface area contributed by atoms with Crippen LogP contribution in [0.1, 0.15) is 27.9 Å². The number of aromatic nitrogens is 1. The summed E-state index contributed by atoms with van der Waals surface area (Å²) in [5.41, 5.74) is 9.37. The second-order valence-electron chi connectivity index (χ2n) is 5.90. The minimum Gasteiger partial charge on any atom is -0.347 e. The molecule has 1 aromatic carbocycles. The van der Waals surface area contributed by atoms with Gasteiger partial charge in [0.1, 0.15) is 0 Å². The van der Waals surface area contributed by atoms with E-state index in [-0.39, 0.29) is 0 Å². The fourth-order valence-electron chi connectivity index (χ4n) is 3.32. The molecule has 1 aliphatic rings. The van der Waals surface area contributed by atoms with E-state index in [1.165, 1.54) is 44.5 Å². The summed E-state index contributed by atoms with van der Waals surface area (Å²) < 4.78 is 2.33. The molecule has 0 bridgehead atoms. The van der Waals surface area contributed by atoms with Gasteiger partial charge in [0.2, 0.25) is 0 Å². The number of anilines is 1. The van der Waals surface area contributed by atoms with Gasteiger partial charge in [-0.1, -0.05) is 11.8 Å². The third-order valence-electron chi connectivity index (χ3n) is 4.85. The molecule has 3 rings (SSSR count). The summed E-state index contributed by atoms with van der Waals surface area (Å²) in [6.45, 7) is 12.0. The number of aryl methyl sites for hydroxylation is 4. The maximum absolute atomic E-state index is 4.53. The first-order valence-electron chi connectivity index (χ1n) is 7.43. The van der Waals surface area contributed by atoms with Gasteiger partial charge in [0.15, 0.2) is 5.17 Å². The summed E-state index contributed by atoms with van der Waals surface area (Å²) in [5.74, 6) is 1.09. The van der Waals surface area contributed by atoms with Gasteiger partial charge in [-0.2, -0.15) is 0 Å². The van der Waals surface area contributed by atoms with Crippen LogP contribution in [0, 0.1) is 34.6 Å². The highest BCUT2D eigenvalue weighted by atomic mass is 32.2. The Labute approximate surface area is 130 Å². The van der Waals surface area contributed by atoms with Crippen molar-refractivity contribution in [1.29, 1.82) is 0 Å². The summed E-state index contributed by atoms with van der Waals surface area (Å²) in [4.78, 5) is 4.53. The number of thioether (sulfide) groups is 1. The normalized spacial score (nSPS) is 14.9. The predicted octanol–water partition coefficient (Wildman–Crippen LogP) is 4.24. The Bertz CT molecular complexity index is 769. The summed E-state index contributed by atoms with van der Waals surface area (Å²) >= 11 is 1.81. The molecule has 1 aliphatic heterocycles. The molecule has 4 heteroatoms. The fraction of sp³-hybridized carbons (Fsp3) is 0.471. The first-order valence-corrected chi connectivity index (χ1v) is 8.41. The van der Waals surface area contributed by atoms with Gasteiger partial charge in [0.05, 0.1) is 12.1 Å². The van der Waals surface area contributed by atoms with Crippen LogP contribution in [0.4, 0.5) is 5.69 Å². The highest BCUT2D eigenvalue weighted by Crippen LogP contribution is 2.37. The van der Waals surface area contributed by atoms with Crippen molar-refractivity contribution in [3.8, 4) is 0 Å². The molecule has 0 atom stereocenters. The van der Waals surface area contributed by atoms with E-state index in [1.807, 2.05) is 11.8 Å². The molecule has 0 spiro atoms. The molecule has 2 aromatic rings. The molecule has 0 aliphatic carbocycles. The number of aliphatic imine (C=N–C) groups is 1. The van der Waals surface area contributed by atoms with Crippen LogP contribution in [0.3, 0.4) is 0 Å². The minimum atomic E-state index is 0.926. The van der Waals surface area contributed by atoms with Crippen molar-refractivity contribution in [3.05, 3.63) is 27.9 Å². The van der Waals surface area contributed by atoms with Crippen LogP contribution in [0.2, 0.25) is 0 Å². The van der Waals surface area contributed by atoms with Crippen LogP contribution in [0.5, 0.6) is 0 Å². The smallest absolute Gasteiger partial charge is 0.161 e. The second-order valence-corrected chi connectivity index (χ2v) is 6.99. The molecule has 0 radical (unpaired) electrons. The lowest BCUT2D eigenvalue weighted by atomic mass is 9.97. The summed E-state index contributed by atoms with van der Waals surface area (Å²) in [7, 11) is 2.17. The molecule has 0 saturated carbocycles. The van der Waals surface area contributed by atoms with Crippen LogP contribution in [-0.2, 0) is 7.05 Å². The Hall–Kier alpha value is -1.42. The van der Waals surface area contributed by atoms with Gasteiger partial charge in [-0.25, -0.2) is 0 Å². The Kier molecular flexibility index (Phi) is 3.52. The number of nitrogens with zero attached hydrogens (tertiary/aromatic N) is 2. The lowest BCUT2D eigenvalue weighted by Gasteiger charge is -2.17. The highest BCUT2D eigenvalue weighted by molar-refractivity contribution is 8.14. The second kappa shape index (κ2) is 5.09. The maximum Gasteiger partial charge on any atom is 0.161 e. The van der Waals surface area contributed by atoms with E-state index in [4.69, 9.17) is 0 Å². The first-order chi connectivity index (χ1) is 9.93. The quantitative estimate of drug-likeness (QED) is 0.854. The molecule has 0 saturated heterocycles.